The molecule has 1 aromatic heterocycles. The molecule has 12 heteroatoms. The zero-order chi connectivity index (χ0) is 18.4. The predicted octanol–water partition coefficient (Wildman–Crippen LogP) is -0.802. The second-order valence-electron chi connectivity index (χ2n) is 4.58. The monoisotopic (exact) mass is 339 g/mol. The van der Waals surface area contributed by atoms with E-state index in [9.17, 15) is 14.4 Å². The van der Waals surface area contributed by atoms with Crippen LogP contribution in [0.1, 0.15) is 0 Å². The summed E-state index contributed by atoms with van der Waals surface area (Å²) >= 11 is 0. The third-order valence-electron chi connectivity index (χ3n) is 3.06. The summed E-state index contributed by atoms with van der Waals surface area (Å²) < 4.78 is 0. The van der Waals surface area contributed by atoms with Gasteiger partial charge in [-0.25, -0.2) is 14.4 Å². The summed E-state index contributed by atoms with van der Waals surface area (Å²) in [5.41, 5.74) is 0. The highest BCUT2D eigenvalue weighted by Gasteiger charge is 2.22. The molecule has 0 spiro atoms. The van der Waals surface area contributed by atoms with Crippen molar-refractivity contribution in [1.82, 2.24) is 30.9 Å². The Balaban J connectivity index is 3.41. The molecule has 0 bridgehead atoms. The van der Waals surface area contributed by atoms with Gasteiger partial charge in [0, 0.05) is 42.3 Å². The Morgan fingerprint density at radius 2 is 0.833 bits per heavy atom. The fourth-order valence-electron chi connectivity index (χ4n) is 1.57. The number of nitrogens with zero attached hydrogens (tertiary/aromatic N) is 6. The van der Waals surface area contributed by atoms with Gasteiger partial charge in [-0.05, 0) is 0 Å². The van der Waals surface area contributed by atoms with E-state index in [2.05, 4.69) is 30.9 Å². The van der Waals surface area contributed by atoms with E-state index in [4.69, 9.17) is 0 Å². The first-order valence-corrected chi connectivity index (χ1v) is 6.89. The van der Waals surface area contributed by atoms with Crippen LogP contribution in [0.4, 0.5) is 32.2 Å². The van der Waals surface area contributed by atoms with Gasteiger partial charge in [-0.2, -0.15) is 15.0 Å². The van der Waals surface area contributed by atoms with Crippen molar-refractivity contribution in [2.75, 3.05) is 57.0 Å². The molecule has 12 nitrogen and oxygen atoms in total. The third-order valence-corrected chi connectivity index (χ3v) is 3.06. The van der Waals surface area contributed by atoms with E-state index in [0.29, 0.717) is 0 Å². The molecular formula is C12H21N9O3. The fourth-order valence-corrected chi connectivity index (χ4v) is 1.57. The maximum Gasteiger partial charge on any atom is 0.323 e. The van der Waals surface area contributed by atoms with Gasteiger partial charge < -0.3 is 16.0 Å². The van der Waals surface area contributed by atoms with Crippen molar-refractivity contribution < 1.29 is 14.4 Å². The van der Waals surface area contributed by atoms with E-state index >= 15 is 0 Å². The van der Waals surface area contributed by atoms with Crippen LogP contribution in [0.5, 0.6) is 0 Å². The molecule has 1 aromatic rings. The van der Waals surface area contributed by atoms with Crippen LogP contribution in [0.2, 0.25) is 0 Å². The zero-order valence-electron chi connectivity index (χ0n) is 14.4. The molecule has 3 N–H and O–H groups in total. The summed E-state index contributed by atoms with van der Waals surface area (Å²) in [4.78, 5) is 51.0. The Hall–Kier alpha value is -3.18. The number of carbonyl (C=O) groups excluding carboxylic acids is 3. The summed E-state index contributed by atoms with van der Waals surface area (Å²) in [6, 6.07) is -1.41. The van der Waals surface area contributed by atoms with Gasteiger partial charge in [0.1, 0.15) is 0 Å². The quantitative estimate of drug-likeness (QED) is 0.659. The molecule has 0 atom stereocenters. The molecule has 0 radical (unpaired) electrons. The van der Waals surface area contributed by atoms with Crippen LogP contribution < -0.4 is 30.7 Å². The molecular weight excluding hydrogens is 318 g/mol. The molecule has 1 heterocycles. The van der Waals surface area contributed by atoms with Crippen LogP contribution in [0.25, 0.3) is 0 Å². The van der Waals surface area contributed by atoms with Crippen molar-refractivity contribution in [3.05, 3.63) is 0 Å². The predicted molar refractivity (Wildman–Crippen MR) is 88.4 cm³/mol. The van der Waals surface area contributed by atoms with Crippen molar-refractivity contribution in [2.24, 2.45) is 0 Å². The minimum atomic E-state index is -0.469. The first kappa shape index (κ1) is 18.9. The first-order chi connectivity index (χ1) is 11.3. The Labute approximate surface area is 139 Å². The largest absolute Gasteiger partial charge is 0.341 e. The second kappa shape index (κ2) is 7.89. The van der Waals surface area contributed by atoms with Crippen molar-refractivity contribution in [3.8, 4) is 0 Å². The SMILES string of the molecule is CNC(=O)N(C)c1nc(N(C)C(=O)NC)nc(N(C)C(=O)NC)n1. The van der Waals surface area contributed by atoms with Gasteiger partial charge in [0.25, 0.3) is 0 Å². The summed E-state index contributed by atoms with van der Waals surface area (Å²) in [6.45, 7) is 0. The smallest absolute Gasteiger partial charge is 0.323 e. The van der Waals surface area contributed by atoms with E-state index < -0.39 is 18.1 Å². The van der Waals surface area contributed by atoms with Crippen molar-refractivity contribution in [2.45, 2.75) is 0 Å². The van der Waals surface area contributed by atoms with Gasteiger partial charge >= 0.3 is 18.1 Å². The standard InChI is InChI=1S/C12H21N9O3/c1-13-10(22)19(4)7-16-8(20(5)11(23)14-2)18-9(17-7)21(6)12(24)15-3/h1-6H3,(H,13,22)(H,14,23)(H,15,24). The highest BCUT2D eigenvalue weighted by molar-refractivity contribution is 5.93. The average molecular weight is 339 g/mol. The molecule has 0 aliphatic rings. The van der Waals surface area contributed by atoms with Crippen molar-refractivity contribution in [3.63, 3.8) is 0 Å². The van der Waals surface area contributed by atoms with Crippen molar-refractivity contribution in [1.29, 1.82) is 0 Å². The molecule has 0 saturated heterocycles. The maximum atomic E-state index is 11.8. The number of carbonyl (C=O) groups is 3. The zero-order valence-corrected chi connectivity index (χ0v) is 14.4. The lowest BCUT2D eigenvalue weighted by atomic mass is 10.6. The summed E-state index contributed by atoms with van der Waals surface area (Å²) in [5.74, 6) is -0.0810. The lowest BCUT2D eigenvalue weighted by molar-refractivity contribution is 0.248. The minimum Gasteiger partial charge on any atom is -0.341 e. The normalized spacial score (nSPS) is 9.75. The number of hydrogen-bond acceptors (Lipinski definition) is 6. The van der Waals surface area contributed by atoms with Crippen LogP contribution in [0, 0.1) is 0 Å². The Kier molecular flexibility index (Phi) is 6.21. The van der Waals surface area contributed by atoms with Crippen LogP contribution >= 0.6 is 0 Å². The fraction of sp³-hybridized carbons (Fsp3) is 0.500. The summed E-state index contributed by atoms with van der Waals surface area (Å²) in [6.07, 6.45) is 0. The number of hydrogen-bond donors (Lipinski definition) is 3. The van der Waals surface area contributed by atoms with Crippen LogP contribution in [0.3, 0.4) is 0 Å². The lowest BCUT2D eigenvalue weighted by Crippen LogP contribution is -2.40. The number of urea groups is 3. The maximum absolute atomic E-state index is 11.8. The molecule has 0 unspecified atom stereocenters. The van der Waals surface area contributed by atoms with Gasteiger partial charge in [0.05, 0.1) is 0 Å². The highest BCUT2D eigenvalue weighted by atomic mass is 16.2. The van der Waals surface area contributed by atoms with Crippen LogP contribution in [-0.4, -0.2) is 75.3 Å². The van der Waals surface area contributed by atoms with Crippen molar-refractivity contribution >= 4 is 35.9 Å². The van der Waals surface area contributed by atoms with E-state index in [0.717, 1.165) is 14.7 Å². The van der Waals surface area contributed by atoms with E-state index in [1.54, 1.807) is 0 Å². The second-order valence-corrected chi connectivity index (χ2v) is 4.58. The lowest BCUT2D eigenvalue weighted by Gasteiger charge is -2.21. The van der Waals surface area contributed by atoms with Gasteiger partial charge in [0.15, 0.2) is 0 Å². The Bertz CT molecular complexity index is 538. The molecule has 132 valence electrons. The molecule has 0 aliphatic carbocycles. The average Bonchev–Trinajstić information content (AvgIpc) is 2.63. The summed E-state index contributed by atoms with van der Waals surface area (Å²) in [7, 11) is 8.70. The Morgan fingerprint density at radius 3 is 1.00 bits per heavy atom. The molecule has 0 aliphatic heterocycles. The summed E-state index contributed by atoms with van der Waals surface area (Å²) in [5, 5.41) is 7.29. The third kappa shape index (κ3) is 3.97. The molecule has 1 rings (SSSR count). The number of anilines is 3. The number of aromatic nitrogens is 3. The molecule has 24 heavy (non-hydrogen) atoms. The van der Waals surface area contributed by atoms with E-state index in [-0.39, 0.29) is 17.8 Å². The van der Waals surface area contributed by atoms with Crippen LogP contribution in [0.15, 0.2) is 0 Å². The van der Waals surface area contributed by atoms with Crippen LogP contribution in [-0.2, 0) is 0 Å². The van der Waals surface area contributed by atoms with Gasteiger partial charge in [-0.3, -0.25) is 14.7 Å². The topological polar surface area (TPSA) is 136 Å². The number of nitrogens with one attached hydrogen (secondary N) is 3. The minimum absolute atomic E-state index is 0.0270. The molecule has 0 fully saturated rings. The number of rotatable bonds is 3. The van der Waals surface area contributed by atoms with Gasteiger partial charge in [-0.15, -0.1) is 0 Å². The van der Waals surface area contributed by atoms with E-state index in [1.807, 2.05) is 0 Å². The Morgan fingerprint density at radius 1 is 0.625 bits per heavy atom. The molecule has 6 amide bonds. The van der Waals surface area contributed by atoms with Gasteiger partial charge in [0.2, 0.25) is 17.8 Å². The molecule has 0 aromatic carbocycles. The number of amides is 6. The van der Waals surface area contributed by atoms with E-state index in [1.165, 1.54) is 42.3 Å². The molecule has 0 saturated carbocycles. The first-order valence-electron chi connectivity index (χ1n) is 6.89. The van der Waals surface area contributed by atoms with Gasteiger partial charge in [-0.1, -0.05) is 0 Å². The highest BCUT2D eigenvalue weighted by Crippen LogP contribution is 2.17.